The topological polar surface area (TPSA) is 90.1 Å². The Labute approximate surface area is 477 Å². The minimum absolute atomic E-state index is 0.404. The number of aromatic nitrogens is 7. The summed E-state index contributed by atoms with van der Waals surface area (Å²) in [5.41, 5.74) is 17.3. The fourth-order valence-electron chi connectivity index (χ4n) is 12.4. The molecule has 83 heavy (non-hydrogen) atoms. The van der Waals surface area contributed by atoms with Crippen LogP contribution in [0.25, 0.3) is 150 Å². The minimum atomic E-state index is 0.404. The molecule has 16 aromatic rings. The zero-order chi connectivity index (χ0) is 55.0. The molecule has 16 rings (SSSR count). The quantitative estimate of drug-likeness (QED) is 0.144. The second-order valence-corrected chi connectivity index (χ2v) is 20.9. The smallest absolute Gasteiger partial charge is 0.162 e. The third kappa shape index (κ3) is 7.90. The van der Waals surface area contributed by atoms with Crippen molar-refractivity contribution in [1.82, 2.24) is 33.6 Å². The maximum atomic E-state index is 11.4. The van der Waals surface area contributed by atoms with Gasteiger partial charge in [-0.25, -0.2) is 19.9 Å². The third-order valence-corrected chi connectivity index (χ3v) is 16.1. The lowest BCUT2D eigenvalue weighted by Gasteiger charge is -2.20. The van der Waals surface area contributed by atoms with Crippen LogP contribution in [0.4, 0.5) is 0 Å². The van der Waals surface area contributed by atoms with Crippen LogP contribution in [0.3, 0.4) is 0 Å². The van der Waals surface area contributed by atoms with E-state index in [2.05, 4.69) is 214 Å². The Bertz CT molecular complexity index is 4730. The molecule has 0 amide bonds. The van der Waals surface area contributed by atoms with Gasteiger partial charge in [0.05, 0.1) is 73.2 Å². The van der Waals surface area contributed by atoms with Gasteiger partial charge in [0, 0.05) is 77.1 Å². The Hall–Kier alpha value is -11.5. The normalized spacial score (nSPS) is 11.6. The van der Waals surface area contributed by atoms with Crippen LogP contribution in [0.15, 0.2) is 279 Å². The van der Waals surface area contributed by atoms with Crippen molar-refractivity contribution in [2.75, 3.05) is 0 Å². The van der Waals surface area contributed by atoms with Gasteiger partial charge in [0.15, 0.2) is 11.6 Å². The van der Waals surface area contributed by atoms with Crippen molar-refractivity contribution in [3.05, 3.63) is 285 Å². The number of nitriles is 1. The van der Waals surface area contributed by atoms with E-state index in [1.165, 1.54) is 21.5 Å². The van der Waals surface area contributed by atoms with Crippen LogP contribution >= 0.6 is 0 Å². The summed E-state index contributed by atoms with van der Waals surface area (Å²) >= 11 is 0. The summed E-state index contributed by atoms with van der Waals surface area (Å²) in [6.45, 7) is 0. The third-order valence-electron chi connectivity index (χ3n) is 16.1. The van der Waals surface area contributed by atoms with Crippen molar-refractivity contribution >= 4 is 65.4 Å². The van der Waals surface area contributed by atoms with E-state index in [-0.39, 0.29) is 0 Å². The van der Waals surface area contributed by atoms with E-state index in [4.69, 9.17) is 19.9 Å². The summed E-state index contributed by atoms with van der Waals surface area (Å²) in [4.78, 5) is 22.2. The van der Waals surface area contributed by atoms with Gasteiger partial charge in [0.1, 0.15) is 0 Å². The molecule has 0 saturated carbocycles. The standard InChI is InChI=1S/C75H46N8/c76-47-48-41-61(74-77-63(49-21-5-1-6-22-49)45-64(78-74)50-23-7-2-8-24-50)73(62(42-48)75-79-65(51-25-9-3-10-26-51)46-66(80-75)52-27-11-4-12-28-52)83-71-43-53(81-67-33-17-13-29-55(67)56-30-14-18-34-68(56)81)37-39-59(71)60-40-38-54(44-72(60)83)82-69-35-19-15-31-57(69)58-32-16-20-36-70(58)82/h1-46H. The highest BCUT2D eigenvalue weighted by molar-refractivity contribution is 6.14. The van der Waals surface area contributed by atoms with Gasteiger partial charge in [-0.05, 0) is 72.8 Å². The Morgan fingerprint density at radius 3 is 0.867 bits per heavy atom. The summed E-state index contributed by atoms with van der Waals surface area (Å²) in [5, 5.41) is 18.1. The van der Waals surface area contributed by atoms with Gasteiger partial charge in [0.2, 0.25) is 0 Å². The van der Waals surface area contributed by atoms with Crippen LogP contribution < -0.4 is 0 Å². The molecular weight excluding hydrogens is 1010 g/mol. The van der Waals surface area contributed by atoms with Gasteiger partial charge < -0.3 is 13.7 Å². The monoisotopic (exact) mass is 1060 g/mol. The van der Waals surface area contributed by atoms with E-state index in [1.54, 1.807) is 0 Å². The van der Waals surface area contributed by atoms with Crippen molar-refractivity contribution in [2.24, 2.45) is 0 Å². The molecule has 0 unspecified atom stereocenters. The molecule has 5 aromatic heterocycles. The van der Waals surface area contributed by atoms with Gasteiger partial charge >= 0.3 is 0 Å². The Kier molecular flexibility index (Phi) is 11.1. The van der Waals surface area contributed by atoms with Gasteiger partial charge in [0.25, 0.3) is 0 Å². The van der Waals surface area contributed by atoms with Crippen LogP contribution in [0, 0.1) is 11.3 Å². The number of fused-ring (bicyclic) bond motifs is 9. The second kappa shape index (κ2) is 19.4. The Balaban J connectivity index is 1.09. The van der Waals surface area contributed by atoms with Crippen molar-refractivity contribution in [3.63, 3.8) is 0 Å². The van der Waals surface area contributed by atoms with Crippen molar-refractivity contribution in [2.45, 2.75) is 0 Å². The molecular formula is C75H46N8. The molecule has 0 N–H and O–H groups in total. The molecule has 5 heterocycles. The number of para-hydroxylation sites is 4. The Morgan fingerprint density at radius 1 is 0.265 bits per heavy atom. The molecule has 0 fully saturated rings. The molecule has 0 aliphatic heterocycles. The highest BCUT2D eigenvalue weighted by atomic mass is 15.0. The first-order chi connectivity index (χ1) is 41.1. The molecule has 8 heteroatoms. The highest BCUT2D eigenvalue weighted by Crippen LogP contribution is 2.45. The van der Waals surface area contributed by atoms with Gasteiger partial charge in [-0.15, -0.1) is 0 Å². The van der Waals surface area contributed by atoms with E-state index >= 15 is 0 Å². The van der Waals surface area contributed by atoms with Crippen LogP contribution in [0.2, 0.25) is 0 Å². The molecule has 8 nitrogen and oxygen atoms in total. The van der Waals surface area contributed by atoms with Crippen LogP contribution in [0.5, 0.6) is 0 Å². The van der Waals surface area contributed by atoms with E-state index < -0.39 is 0 Å². The van der Waals surface area contributed by atoms with Gasteiger partial charge in [-0.2, -0.15) is 5.26 Å². The molecule has 0 saturated heterocycles. The van der Waals surface area contributed by atoms with E-state index in [9.17, 15) is 5.26 Å². The summed E-state index contributed by atoms with van der Waals surface area (Å²) in [7, 11) is 0. The number of rotatable bonds is 9. The predicted octanol–water partition coefficient (Wildman–Crippen LogP) is 18.4. The molecule has 386 valence electrons. The zero-order valence-electron chi connectivity index (χ0n) is 44.6. The average molecular weight is 1060 g/mol. The van der Waals surface area contributed by atoms with Crippen LogP contribution in [-0.2, 0) is 0 Å². The second-order valence-electron chi connectivity index (χ2n) is 20.9. The summed E-state index contributed by atoms with van der Waals surface area (Å²) in [5.74, 6) is 0.876. The Morgan fingerprint density at radius 2 is 0.554 bits per heavy atom. The maximum absolute atomic E-state index is 11.4. The van der Waals surface area contributed by atoms with E-state index in [1.807, 2.05) is 84.9 Å². The first-order valence-electron chi connectivity index (χ1n) is 27.8. The molecule has 0 radical (unpaired) electrons. The SMILES string of the molecule is N#Cc1cc(-c2nc(-c3ccccc3)cc(-c3ccccc3)n2)c(-n2c3cc(-n4c5ccccc5c5ccccc54)ccc3c3ccc(-n4c5ccccc5c5ccccc54)cc32)c(-c2nc(-c3ccccc3)cc(-c3ccccc3)n2)c1. The molecule has 0 aliphatic rings. The first kappa shape index (κ1) is 47.5. The molecule has 0 aliphatic carbocycles. The predicted molar refractivity (Wildman–Crippen MR) is 338 cm³/mol. The van der Waals surface area contributed by atoms with Crippen molar-refractivity contribution in [1.29, 1.82) is 5.26 Å². The molecule has 11 aromatic carbocycles. The van der Waals surface area contributed by atoms with E-state index in [0.717, 1.165) is 106 Å². The molecule has 0 bridgehead atoms. The molecule has 0 atom stereocenters. The van der Waals surface area contributed by atoms with Gasteiger partial charge in [-0.1, -0.05) is 206 Å². The summed E-state index contributed by atoms with van der Waals surface area (Å²) in [6, 6.07) is 99.6. The van der Waals surface area contributed by atoms with Crippen LogP contribution in [-0.4, -0.2) is 33.6 Å². The lowest BCUT2D eigenvalue weighted by Crippen LogP contribution is -2.07. The van der Waals surface area contributed by atoms with Crippen molar-refractivity contribution < 1.29 is 0 Å². The lowest BCUT2D eigenvalue weighted by molar-refractivity contribution is 1.11. The number of nitrogens with zero attached hydrogens (tertiary/aromatic N) is 8. The fraction of sp³-hybridized carbons (Fsp3) is 0. The lowest BCUT2D eigenvalue weighted by atomic mass is 9.99. The summed E-state index contributed by atoms with van der Waals surface area (Å²) in [6.07, 6.45) is 0. The first-order valence-corrected chi connectivity index (χ1v) is 27.8. The van der Waals surface area contributed by atoms with Crippen LogP contribution in [0.1, 0.15) is 5.56 Å². The van der Waals surface area contributed by atoms with Crippen molar-refractivity contribution in [3.8, 4) is 90.9 Å². The van der Waals surface area contributed by atoms with Gasteiger partial charge in [-0.3, -0.25) is 0 Å². The number of benzene rings is 11. The largest absolute Gasteiger partial charge is 0.309 e. The number of hydrogen-bond donors (Lipinski definition) is 0. The number of hydrogen-bond acceptors (Lipinski definition) is 5. The maximum Gasteiger partial charge on any atom is 0.162 e. The fourth-order valence-corrected chi connectivity index (χ4v) is 12.4. The average Bonchev–Trinajstić information content (AvgIpc) is 2.68. The molecule has 0 spiro atoms. The minimum Gasteiger partial charge on any atom is -0.309 e. The highest BCUT2D eigenvalue weighted by Gasteiger charge is 2.27. The summed E-state index contributed by atoms with van der Waals surface area (Å²) < 4.78 is 7.10. The van der Waals surface area contributed by atoms with E-state index in [0.29, 0.717) is 28.3 Å². The zero-order valence-corrected chi connectivity index (χ0v) is 44.6.